The smallest absolute Gasteiger partial charge is 0.139 e. The van der Waals surface area contributed by atoms with Gasteiger partial charge < -0.3 is 0 Å². The van der Waals surface area contributed by atoms with E-state index in [-0.39, 0.29) is 5.83 Å². The van der Waals surface area contributed by atoms with Crippen molar-refractivity contribution < 1.29 is 4.39 Å². The number of halogens is 1. The summed E-state index contributed by atoms with van der Waals surface area (Å²) >= 11 is 1.48. The first-order valence-corrected chi connectivity index (χ1v) is 7.88. The lowest BCUT2D eigenvalue weighted by atomic mass is 10.0. The first kappa shape index (κ1) is 13.5. The highest BCUT2D eigenvalue weighted by atomic mass is 32.1. The molecule has 1 aliphatic heterocycles. The zero-order valence-electron chi connectivity index (χ0n) is 11.4. The molecule has 1 nitrogen and oxygen atoms in total. The maximum absolute atomic E-state index is 14.3. The molecule has 3 rings (SSSR count). The van der Waals surface area contributed by atoms with Gasteiger partial charge in [0.25, 0.3) is 0 Å². The lowest BCUT2D eigenvalue weighted by Crippen LogP contribution is -2.30. The van der Waals surface area contributed by atoms with Crippen LogP contribution in [0.3, 0.4) is 0 Å². The van der Waals surface area contributed by atoms with E-state index in [9.17, 15) is 4.39 Å². The molecule has 1 aromatic heterocycles. The van der Waals surface area contributed by atoms with Gasteiger partial charge in [0.1, 0.15) is 5.83 Å². The number of thiophene rings is 1. The SMILES string of the molecule is FC(=C1CCN(Cc2ccccc2)CC1)c1cccs1. The molecule has 2 aromatic rings. The Morgan fingerprint density at radius 2 is 1.80 bits per heavy atom. The first-order valence-electron chi connectivity index (χ1n) is 7.00. The van der Waals surface area contributed by atoms with Crippen LogP contribution >= 0.6 is 11.3 Å². The average molecular weight is 287 g/mol. The molecule has 2 heterocycles. The van der Waals surface area contributed by atoms with Gasteiger partial charge in [-0.05, 0) is 35.4 Å². The van der Waals surface area contributed by atoms with Crippen molar-refractivity contribution >= 4 is 17.2 Å². The Kier molecular flexibility index (Phi) is 4.28. The zero-order chi connectivity index (χ0) is 13.8. The van der Waals surface area contributed by atoms with E-state index in [0.29, 0.717) is 0 Å². The van der Waals surface area contributed by atoms with Crippen molar-refractivity contribution in [2.45, 2.75) is 19.4 Å². The summed E-state index contributed by atoms with van der Waals surface area (Å²) in [6.07, 6.45) is 1.69. The molecule has 0 N–H and O–H groups in total. The summed E-state index contributed by atoms with van der Waals surface area (Å²) in [6, 6.07) is 14.3. The summed E-state index contributed by atoms with van der Waals surface area (Å²) in [6.45, 7) is 2.86. The van der Waals surface area contributed by atoms with Crippen LogP contribution in [0.2, 0.25) is 0 Å². The second kappa shape index (κ2) is 6.33. The number of piperidine rings is 1. The number of nitrogens with zero attached hydrogens (tertiary/aromatic N) is 1. The predicted molar refractivity (Wildman–Crippen MR) is 83.3 cm³/mol. The van der Waals surface area contributed by atoms with Crippen molar-refractivity contribution in [3.05, 3.63) is 63.9 Å². The van der Waals surface area contributed by atoms with Gasteiger partial charge in [-0.15, -0.1) is 11.3 Å². The minimum absolute atomic E-state index is 0.0133. The molecule has 104 valence electrons. The fourth-order valence-electron chi connectivity index (χ4n) is 2.62. The van der Waals surface area contributed by atoms with E-state index in [0.717, 1.165) is 42.9 Å². The molecule has 0 unspecified atom stereocenters. The van der Waals surface area contributed by atoms with Gasteiger partial charge in [-0.25, -0.2) is 4.39 Å². The lowest BCUT2D eigenvalue weighted by Gasteiger charge is -2.28. The van der Waals surface area contributed by atoms with Crippen molar-refractivity contribution in [1.29, 1.82) is 0 Å². The van der Waals surface area contributed by atoms with Crippen LogP contribution < -0.4 is 0 Å². The maximum atomic E-state index is 14.3. The average Bonchev–Trinajstić information content (AvgIpc) is 3.03. The van der Waals surface area contributed by atoms with Crippen LogP contribution in [0, 0.1) is 0 Å². The summed E-state index contributed by atoms with van der Waals surface area (Å²) in [5, 5.41) is 1.93. The Balaban J connectivity index is 1.61. The molecular formula is C17H18FNS. The van der Waals surface area contributed by atoms with Crippen LogP contribution in [-0.4, -0.2) is 18.0 Å². The Morgan fingerprint density at radius 1 is 1.05 bits per heavy atom. The number of likely N-dealkylation sites (tertiary alicyclic amines) is 1. The highest BCUT2D eigenvalue weighted by Gasteiger charge is 2.18. The van der Waals surface area contributed by atoms with Crippen LogP contribution in [0.4, 0.5) is 4.39 Å². The third kappa shape index (κ3) is 3.17. The molecule has 0 aliphatic carbocycles. The van der Waals surface area contributed by atoms with Crippen LogP contribution in [0.1, 0.15) is 23.3 Å². The van der Waals surface area contributed by atoms with Crippen molar-refractivity contribution in [2.24, 2.45) is 0 Å². The Bertz CT molecular complexity index is 564. The van der Waals surface area contributed by atoms with Crippen LogP contribution in [0.15, 0.2) is 53.4 Å². The van der Waals surface area contributed by atoms with Crippen molar-refractivity contribution in [1.82, 2.24) is 4.90 Å². The van der Waals surface area contributed by atoms with Crippen LogP contribution in [0.25, 0.3) is 5.83 Å². The molecule has 0 radical (unpaired) electrons. The van der Waals surface area contributed by atoms with Gasteiger partial charge in [0.15, 0.2) is 0 Å². The summed E-state index contributed by atoms with van der Waals surface area (Å²) in [4.78, 5) is 3.18. The fourth-order valence-corrected chi connectivity index (χ4v) is 3.33. The zero-order valence-corrected chi connectivity index (χ0v) is 12.2. The standard InChI is InChI=1S/C17H18FNS/c18-17(16-7-4-12-20-16)15-8-10-19(11-9-15)13-14-5-2-1-3-6-14/h1-7,12H,8-11,13H2. The minimum atomic E-state index is 0.0133. The van der Waals surface area contributed by atoms with Crippen molar-refractivity contribution in [3.63, 3.8) is 0 Å². The van der Waals surface area contributed by atoms with Gasteiger partial charge in [0.2, 0.25) is 0 Å². The third-order valence-electron chi connectivity index (χ3n) is 3.76. The molecule has 0 atom stereocenters. The van der Waals surface area contributed by atoms with E-state index in [1.165, 1.54) is 16.9 Å². The first-order chi connectivity index (χ1) is 9.83. The number of benzene rings is 1. The van der Waals surface area contributed by atoms with Gasteiger partial charge in [0, 0.05) is 19.6 Å². The minimum Gasteiger partial charge on any atom is -0.298 e. The number of hydrogen-bond acceptors (Lipinski definition) is 2. The van der Waals surface area contributed by atoms with E-state index in [1.807, 2.05) is 23.6 Å². The molecule has 0 saturated carbocycles. The van der Waals surface area contributed by atoms with Gasteiger partial charge in [-0.1, -0.05) is 36.4 Å². The normalized spacial score (nSPS) is 16.4. The summed E-state index contributed by atoms with van der Waals surface area (Å²) in [5.41, 5.74) is 2.32. The third-order valence-corrected chi connectivity index (χ3v) is 4.62. The highest BCUT2D eigenvalue weighted by Crippen LogP contribution is 2.30. The molecule has 1 aromatic carbocycles. The van der Waals surface area contributed by atoms with Gasteiger partial charge in [-0.3, -0.25) is 4.90 Å². The maximum Gasteiger partial charge on any atom is 0.139 e. The van der Waals surface area contributed by atoms with Crippen molar-refractivity contribution in [2.75, 3.05) is 13.1 Å². The van der Waals surface area contributed by atoms with E-state index in [4.69, 9.17) is 0 Å². The van der Waals surface area contributed by atoms with E-state index < -0.39 is 0 Å². The molecule has 1 fully saturated rings. The summed E-state index contributed by atoms with van der Waals surface area (Å²) in [5.74, 6) is 0.0133. The summed E-state index contributed by atoms with van der Waals surface area (Å²) < 4.78 is 14.3. The molecule has 1 aliphatic rings. The summed E-state index contributed by atoms with van der Waals surface area (Å²) in [7, 11) is 0. The molecule has 0 amide bonds. The van der Waals surface area contributed by atoms with Crippen LogP contribution in [0.5, 0.6) is 0 Å². The largest absolute Gasteiger partial charge is 0.298 e. The Morgan fingerprint density at radius 3 is 2.45 bits per heavy atom. The van der Waals surface area contributed by atoms with E-state index in [2.05, 4.69) is 29.2 Å². The monoisotopic (exact) mass is 287 g/mol. The molecule has 20 heavy (non-hydrogen) atoms. The van der Waals surface area contributed by atoms with Gasteiger partial charge >= 0.3 is 0 Å². The topological polar surface area (TPSA) is 3.24 Å². The molecular weight excluding hydrogens is 269 g/mol. The van der Waals surface area contributed by atoms with Gasteiger partial charge in [-0.2, -0.15) is 0 Å². The molecule has 3 heteroatoms. The lowest BCUT2D eigenvalue weighted by molar-refractivity contribution is 0.247. The Labute approximate surface area is 123 Å². The van der Waals surface area contributed by atoms with Gasteiger partial charge in [0.05, 0.1) is 4.88 Å². The molecule has 1 saturated heterocycles. The number of hydrogen-bond donors (Lipinski definition) is 0. The van der Waals surface area contributed by atoms with E-state index in [1.54, 1.807) is 0 Å². The van der Waals surface area contributed by atoms with Crippen molar-refractivity contribution in [3.8, 4) is 0 Å². The quantitative estimate of drug-likeness (QED) is 0.789. The predicted octanol–water partition coefficient (Wildman–Crippen LogP) is 4.72. The molecule has 0 spiro atoms. The second-order valence-corrected chi connectivity index (χ2v) is 6.10. The highest BCUT2D eigenvalue weighted by molar-refractivity contribution is 7.11. The molecule has 0 bridgehead atoms. The van der Waals surface area contributed by atoms with Crippen LogP contribution in [-0.2, 0) is 6.54 Å². The second-order valence-electron chi connectivity index (χ2n) is 5.16. The number of rotatable bonds is 3. The van der Waals surface area contributed by atoms with E-state index >= 15 is 0 Å². The fraction of sp³-hybridized carbons (Fsp3) is 0.294. The Hall–Kier alpha value is -1.45.